The van der Waals surface area contributed by atoms with Gasteiger partial charge in [0.15, 0.2) is 5.82 Å². The van der Waals surface area contributed by atoms with Crippen LogP contribution in [0, 0.1) is 0 Å². The van der Waals surface area contributed by atoms with E-state index in [1.165, 1.54) is 7.11 Å². The molecule has 2 aromatic carbocycles. The molecule has 152 valence electrons. The molecular weight excluding hydrogens is 372 g/mol. The Balaban J connectivity index is 1.94. The molecule has 0 fully saturated rings. The summed E-state index contributed by atoms with van der Waals surface area (Å²) in [5.74, 6) is 1.18. The molecule has 0 atom stereocenters. The Bertz CT molecular complexity index is 950. The van der Waals surface area contributed by atoms with E-state index in [1.807, 2.05) is 50.2 Å². The molecule has 8 nitrogen and oxygen atoms in total. The van der Waals surface area contributed by atoms with Gasteiger partial charge in [-0.15, -0.1) is 5.10 Å². The number of methoxy groups -OCH3 is 2. The molecule has 0 unspecified atom stereocenters. The van der Waals surface area contributed by atoms with Crippen LogP contribution in [0.5, 0.6) is 11.8 Å². The van der Waals surface area contributed by atoms with Gasteiger partial charge in [-0.05, 0) is 62.4 Å². The molecule has 0 aliphatic heterocycles. The van der Waals surface area contributed by atoms with E-state index in [4.69, 9.17) is 14.2 Å². The van der Waals surface area contributed by atoms with Gasteiger partial charge in [0.2, 0.25) is 5.91 Å². The summed E-state index contributed by atoms with van der Waals surface area (Å²) < 4.78 is 17.5. The minimum Gasteiger partial charge on any atom is -0.497 e. The van der Waals surface area contributed by atoms with Crippen molar-refractivity contribution in [2.45, 2.75) is 20.0 Å². The summed E-state index contributed by atoms with van der Waals surface area (Å²) in [5, 5.41) is 7.27. The number of hydrogen-bond donors (Lipinski definition) is 1. The van der Waals surface area contributed by atoms with Crippen LogP contribution in [-0.4, -0.2) is 47.6 Å². The van der Waals surface area contributed by atoms with Gasteiger partial charge >= 0.3 is 6.01 Å². The fourth-order valence-corrected chi connectivity index (χ4v) is 2.68. The molecule has 1 heterocycles. The zero-order chi connectivity index (χ0) is 20.8. The van der Waals surface area contributed by atoms with Crippen LogP contribution < -0.4 is 14.8 Å². The van der Waals surface area contributed by atoms with E-state index < -0.39 is 0 Å². The number of amides is 1. The normalized spacial score (nSPS) is 10.8. The molecular formula is C21H24N4O4. The van der Waals surface area contributed by atoms with Crippen molar-refractivity contribution in [3.63, 3.8) is 0 Å². The van der Waals surface area contributed by atoms with Crippen molar-refractivity contribution in [3.8, 4) is 28.8 Å². The van der Waals surface area contributed by atoms with Crippen molar-refractivity contribution in [3.05, 3.63) is 48.5 Å². The number of carbonyl (C=O) groups is 1. The van der Waals surface area contributed by atoms with E-state index in [2.05, 4.69) is 15.4 Å². The second kappa shape index (κ2) is 9.20. The first-order valence-corrected chi connectivity index (χ1v) is 9.17. The number of nitrogens with zero attached hydrogens (tertiary/aromatic N) is 3. The fourth-order valence-electron chi connectivity index (χ4n) is 2.68. The van der Waals surface area contributed by atoms with Crippen LogP contribution in [-0.2, 0) is 9.53 Å². The summed E-state index contributed by atoms with van der Waals surface area (Å²) in [4.78, 5) is 16.2. The lowest BCUT2D eigenvalue weighted by atomic mass is 10.2. The van der Waals surface area contributed by atoms with E-state index in [0.29, 0.717) is 17.5 Å². The van der Waals surface area contributed by atoms with E-state index in [0.717, 1.165) is 17.0 Å². The summed E-state index contributed by atoms with van der Waals surface area (Å²) in [6.07, 6.45) is -0.0482. The van der Waals surface area contributed by atoms with Crippen molar-refractivity contribution >= 4 is 11.6 Å². The molecule has 1 amide bonds. The molecule has 0 saturated heterocycles. The summed E-state index contributed by atoms with van der Waals surface area (Å²) in [6, 6.07) is 15.2. The number of aromatic nitrogens is 3. The lowest BCUT2D eigenvalue weighted by Gasteiger charge is -2.08. The monoisotopic (exact) mass is 396 g/mol. The van der Waals surface area contributed by atoms with E-state index in [-0.39, 0.29) is 18.6 Å². The van der Waals surface area contributed by atoms with Crippen LogP contribution in [0.4, 0.5) is 5.69 Å². The molecule has 29 heavy (non-hydrogen) atoms. The first kappa shape index (κ1) is 20.3. The predicted octanol–water partition coefficient (Wildman–Crippen LogP) is 3.32. The highest BCUT2D eigenvalue weighted by molar-refractivity contribution is 5.91. The molecule has 1 aromatic heterocycles. The van der Waals surface area contributed by atoms with E-state index >= 15 is 0 Å². The smallest absolute Gasteiger partial charge is 0.336 e. The zero-order valence-corrected chi connectivity index (χ0v) is 16.9. The Hall–Kier alpha value is -3.39. The Morgan fingerprint density at radius 3 is 2.34 bits per heavy atom. The van der Waals surface area contributed by atoms with E-state index in [1.54, 1.807) is 23.9 Å². The van der Waals surface area contributed by atoms with Crippen molar-refractivity contribution in [2.75, 3.05) is 26.1 Å². The maximum Gasteiger partial charge on any atom is 0.336 e. The molecule has 1 N–H and O–H groups in total. The predicted molar refractivity (Wildman–Crippen MR) is 110 cm³/mol. The number of hydrogen-bond acceptors (Lipinski definition) is 6. The van der Waals surface area contributed by atoms with Crippen molar-refractivity contribution < 1.29 is 19.0 Å². The van der Waals surface area contributed by atoms with Gasteiger partial charge in [-0.25, -0.2) is 4.68 Å². The van der Waals surface area contributed by atoms with E-state index in [9.17, 15) is 4.79 Å². The first-order valence-electron chi connectivity index (χ1n) is 9.17. The third-order valence-corrected chi connectivity index (χ3v) is 3.95. The Morgan fingerprint density at radius 1 is 1.07 bits per heavy atom. The number of carbonyl (C=O) groups excluding carboxylic acids is 1. The fraction of sp³-hybridized carbons (Fsp3) is 0.286. The van der Waals surface area contributed by atoms with Crippen LogP contribution in [0.2, 0.25) is 0 Å². The Kier molecular flexibility index (Phi) is 6.46. The molecule has 0 spiro atoms. The lowest BCUT2D eigenvalue weighted by molar-refractivity contribution is -0.119. The number of rotatable bonds is 8. The first-order chi connectivity index (χ1) is 14.0. The van der Waals surface area contributed by atoms with Gasteiger partial charge in [0.1, 0.15) is 12.4 Å². The SMILES string of the molecule is COCC(=O)Nc1ccc(-n2nc(OC(C)C)nc2-c2ccc(OC)cc2)cc1. The summed E-state index contributed by atoms with van der Waals surface area (Å²) in [5.41, 5.74) is 2.32. The number of ether oxygens (including phenoxy) is 3. The summed E-state index contributed by atoms with van der Waals surface area (Å²) >= 11 is 0. The highest BCUT2D eigenvalue weighted by atomic mass is 16.5. The third kappa shape index (κ3) is 5.11. The van der Waals surface area contributed by atoms with Crippen LogP contribution in [0.3, 0.4) is 0 Å². The minimum absolute atomic E-state index is 0.00233. The second-order valence-electron chi connectivity index (χ2n) is 6.55. The van der Waals surface area contributed by atoms with Gasteiger partial charge in [0.25, 0.3) is 0 Å². The summed E-state index contributed by atoms with van der Waals surface area (Å²) in [7, 11) is 3.10. The van der Waals surface area contributed by atoms with Crippen molar-refractivity contribution in [1.29, 1.82) is 0 Å². The van der Waals surface area contributed by atoms with Gasteiger partial charge in [-0.3, -0.25) is 4.79 Å². The minimum atomic E-state index is -0.215. The average molecular weight is 396 g/mol. The quantitative estimate of drug-likeness (QED) is 0.629. The largest absolute Gasteiger partial charge is 0.497 e. The zero-order valence-electron chi connectivity index (χ0n) is 16.9. The number of anilines is 1. The lowest BCUT2D eigenvalue weighted by Crippen LogP contribution is -2.17. The molecule has 0 radical (unpaired) electrons. The molecule has 3 rings (SSSR count). The van der Waals surface area contributed by atoms with Gasteiger partial charge in [-0.2, -0.15) is 4.98 Å². The highest BCUT2D eigenvalue weighted by Gasteiger charge is 2.16. The summed E-state index contributed by atoms with van der Waals surface area (Å²) in [6.45, 7) is 3.85. The topological polar surface area (TPSA) is 87.5 Å². The molecule has 0 aliphatic carbocycles. The Labute approximate surface area is 169 Å². The molecule has 8 heteroatoms. The highest BCUT2D eigenvalue weighted by Crippen LogP contribution is 2.26. The molecule has 0 aliphatic rings. The number of benzene rings is 2. The van der Waals surface area contributed by atoms with Crippen LogP contribution in [0.15, 0.2) is 48.5 Å². The maximum atomic E-state index is 11.7. The average Bonchev–Trinajstić information content (AvgIpc) is 3.12. The molecule has 0 saturated carbocycles. The molecule has 3 aromatic rings. The van der Waals surface area contributed by atoms with Gasteiger partial charge in [0, 0.05) is 18.4 Å². The van der Waals surface area contributed by atoms with Crippen molar-refractivity contribution in [2.24, 2.45) is 0 Å². The second-order valence-corrected chi connectivity index (χ2v) is 6.55. The third-order valence-electron chi connectivity index (χ3n) is 3.95. The standard InChI is InChI=1S/C21H24N4O4/c1-14(2)29-21-23-20(15-5-11-18(28-4)12-6-15)25(24-21)17-9-7-16(8-10-17)22-19(26)13-27-3/h5-12,14H,13H2,1-4H3,(H,22,26). The maximum absolute atomic E-state index is 11.7. The van der Waals surface area contributed by atoms with Gasteiger partial charge in [-0.1, -0.05) is 0 Å². The van der Waals surface area contributed by atoms with Crippen molar-refractivity contribution in [1.82, 2.24) is 14.8 Å². The Morgan fingerprint density at radius 2 is 1.76 bits per heavy atom. The van der Waals surface area contributed by atoms with Gasteiger partial charge in [0.05, 0.1) is 18.9 Å². The van der Waals surface area contributed by atoms with Gasteiger partial charge < -0.3 is 19.5 Å². The van der Waals surface area contributed by atoms with Crippen LogP contribution >= 0.6 is 0 Å². The van der Waals surface area contributed by atoms with Crippen LogP contribution in [0.1, 0.15) is 13.8 Å². The van der Waals surface area contributed by atoms with Crippen LogP contribution in [0.25, 0.3) is 17.1 Å². The molecule has 0 bridgehead atoms. The number of nitrogens with one attached hydrogen (secondary N) is 1.